The molecule has 0 aromatic heterocycles. The molecule has 0 aromatic carbocycles. The Morgan fingerprint density at radius 3 is 2.20 bits per heavy atom. The van der Waals surface area contributed by atoms with Crippen molar-refractivity contribution < 1.29 is 0 Å². The van der Waals surface area contributed by atoms with Crippen molar-refractivity contribution in [1.82, 2.24) is 10.2 Å². The Balaban J connectivity index is 4.23. The second kappa shape index (κ2) is 6.11. The molecule has 3 heteroatoms. The number of amidine groups is 1. The molecule has 0 aliphatic carbocycles. The minimum Gasteiger partial charge on any atom is -0.369 e. The average Bonchev–Trinajstić information content (AvgIpc) is 2.09. The molecule has 0 fully saturated rings. The fourth-order valence-corrected chi connectivity index (χ4v) is 1.08. The standard InChI is InChI=1S/C12H27N3/c1-8-11(14-12(3,4)5)13-9-10(2)15(6)7/h10H,8-9H2,1-7H3,(H,13,14). The van der Waals surface area contributed by atoms with Crippen molar-refractivity contribution in [3.05, 3.63) is 0 Å². The summed E-state index contributed by atoms with van der Waals surface area (Å²) in [6, 6.07) is 0.494. The van der Waals surface area contributed by atoms with Gasteiger partial charge in [0.05, 0.1) is 12.4 Å². The molecule has 0 bridgehead atoms. The van der Waals surface area contributed by atoms with Gasteiger partial charge in [0.25, 0.3) is 0 Å². The first kappa shape index (κ1) is 14.4. The van der Waals surface area contributed by atoms with Gasteiger partial charge in [-0.25, -0.2) is 0 Å². The molecule has 15 heavy (non-hydrogen) atoms. The van der Waals surface area contributed by atoms with Crippen LogP contribution < -0.4 is 5.32 Å². The summed E-state index contributed by atoms with van der Waals surface area (Å²) < 4.78 is 0. The van der Waals surface area contributed by atoms with Gasteiger partial charge in [-0.05, 0) is 41.8 Å². The SMILES string of the molecule is CCC(=NCC(C)N(C)C)NC(C)(C)C. The minimum absolute atomic E-state index is 0.107. The molecular weight excluding hydrogens is 186 g/mol. The zero-order valence-corrected chi connectivity index (χ0v) is 11.4. The predicted molar refractivity (Wildman–Crippen MR) is 68.6 cm³/mol. The van der Waals surface area contributed by atoms with Gasteiger partial charge in [0.15, 0.2) is 0 Å². The average molecular weight is 213 g/mol. The summed E-state index contributed by atoms with van der Waals surface area (Å²) in [7, 11) is 4.17. The van der Waals surface area contributed by atoms with Crippen LogP contribution in [0.25, 0.3) is 0 Å². The largest absolute Gasteiger partial charge is 0.369 e. The topological polar surface area (TPSA) is 27.6 Å². The molecule has 1 unspecified atom stereocenters. The van der Waals surface area contributed by atoms with E-state index < -0.39 is 0 Å². The molecule has 0 saturated carbocycles. The molecule has 0 aliphatic heterocycles. The molecule has 3 nitrogen and oxygen atoms in total. The van der Waals surface area contributed by atoms with Gasteiger partial charge in [0, 0.05) is 18.0 Å². The molecule has 0 spiro atoms. The predicted octanol–water partition coefficient (Wildman–Crippen LogP) is 2.13. The summed E-state index contributed by atoms with van der Waals surface area (Å²) >= 11 is 0. The third-order valence-electron chi connectivity index (χ3n) is 2.28. The Morgan fingerprint density at radius 2 is 1.87 bits per heavy atom. The van der Waals surface area contributed by atoms with Crippen LogP contribution in [0.15, 0.2) is 4.99 Å². The Kier molecular flexibility index (Phi) is 5.88. The van der Waals surface area contributed by atoms with Gasteiger partial charge in [-0.3, -0.25) is 4.99 Å². The van der Waals surface area contributed by atoms with Crippen LogP contribution in [0.2, 0.25) is 0 Å². The van der Waals surface area contributed by atoms with Crippen LogP contribution in [-0.4, -0.2) is 43.0 Å². The van der Waals surface area contributed by atoms with Gasteiger partial charge in [-0.2, -0.15) is 0 Å². The van der Waals surface area contributed by atoms with Crippen LogP contribution in [0.4, 0.5) is 0 Å². The molecule has 0 aliphatic rings. The first-order valence-corrected chi connectivity index (χ1v) is 5.74. The van der Waals surface area contributed by atoms with Crippen LogP contribution >= 0.6 is 0 Å². The highest BCUT2D eigenvalue weighted by Crippen LogP contribution is 2.01. The highest BCUT2D eigenvalue weighted by molar-refractivity contribution is 5.82. The summed E-state index contributed by atoms with van der Waals surface area (Å²) in [4.78, 5) is 6.80. The number of hydrogen-bond donors (Lipinski definition) is 1. The lowest BCUT2D eigenvalue weighted by Gasteiger charge is -2.24. The van der Waals surface area contributed by atoms with Crippen LogP contribution in [0.5, 0.6) is 0 Å². The van der Waals surface area contributed by atoms with Crippen molar-refractivity contribution in [1.29, 1.82) is 0 Å². The first-order valence-electron chi connectivity index (χ1n) is 5.74. The normalized spacial score (nSPS) is 15.6. The van der Waals surface area contributed by atoms with Crippen LogP contribution in [0, 0.1) is 0 Å². The fourth-order valence-electron chi connectivity index (χ4n) is 1.08. The van der Waals surface area contributed by atoms with E-state index in [2.05, 4.69) is 63.9 Å². The number of hydrogen-bond acceptors (Lipinski definition) is 2. The third kappa shape index (κ3) is 7.37. The maximum Gasteiger partial charge on any atom is 0.0964 e. The lowest BCUT2D eigenvalue weighted by Crippen LogP contribution is -2.41. The summed E-state index contributed by atoms with van der Waals surface area (Å²) in [5, 5.41) is 3.43. The van der Waals surface area contributed by atoms with Gasteiger partial charge in [-0.15, -0.1) is 0 Å². The highest BCUT2D eigenvalue weighted by Gasteiger charge is 2.11. The second-order valence-electron chi connectivity index (χ2n) is 5.33. The van der Waals surface area contributed by atoms with E-state index in [1.165, 1.54) is 0 Å². The number of likely N-dealkylation sites (N-methyl/N-ethyl adjacent to an activating group) is 1. The zero-order valence-electron chi connectivity index (χ0n) is 11.4. The quantitative estimate of drug-likeness (QED) is 0.572. The molecule has 1 atom stereocenters. The molecule has 0 radical (unpaired) electrons. The summed E-state index contributed by atoms with van der Waals surface area (Å²) in [5.41, 5.74) is 0.107. The van der Waals surface area contributed by atoms with Crippen molar-refractivity contribution >= 4 is 5.84 Å². The molecular formula is C12H27N3. The van der Waals surface area contributed by atoms with E-state index in [1.807, 2.05) is 0 Å². The third-order valence-corrected chi connectivity index (χ3v) is 2.28. The fraction of sp³-hybridized carbons (Fsp3) is 0.917. The maximum absolute atomic E-state index is 4.61. The summed E-state index contributed by atoms with van der Waals surface area (Å²) in [6.07, 6.45) is 0.970. The van der Waals surface area contributed by atoms with E-state index in [-0.39, 0.29) is 5.54 Å². The number of rotatable bonds is 4. The molecule has 0 amide bonds. The maximum atomic E-state index is 4.61. The molecule has 0 rings (SSSR count). The molecule has 0 saturated heterocycles. The summed E-state index contributed by atoms with van der Waals surface area (Å²) in [6.45, 7) is 11.7. The highest BCUT2D eigenvalue weighted by atomic mass is 15.1. The lowest BCUT2D eigenvalue weighted by molar-refractivity contribution is 0.320. The van der Waals surface area contributed by atoms with Crippen molar-refractivity contribution in [2.45, 2.75) is 52.6 Å². The molecule has 90 valence electrons. The van der Waals surface area contributed by atoms with E-state index in [0.29, 0.717) is 6.04 Å². The first-order chi connectivity index (χ1) is 6.76. The van der Waals surface area contributed by atoms with E-state index >= 15 is 0 Å². The Bertz CT molecular complexity index is 201. The number of nitrogens with one attached hydrogen (secondary N) is 1. The molecule has 0 aromatic rings. The van der Waals surface area contributed by atoms with Crippen LogP contribution in [0.1, 0.15) is 41.0 Å². The van der Waals surface area contributed by atoms with E-state index in [0.717, 1.165) is 18.8 Å². The number of aliphatic imine (C=N–C) groups is 1. The smallest absolute Gasteiger partial charge is 0.0964 e. The van der Waals surface area contributed by atoms with E-state index in [1.54, 1.807) is 0 Å². The molecule has 0 heterocycles. The van der Waals surface area contributed by atoms with Crippen molar-refractivity contribution in [2.24, 2.45) is 4.99 Å². The van der Waals surface area contributed by atoms with Crippen LogP contribution in [-0.2, 0) is 0 Å². The summed E-state index contributed by atoms with van der Waals surface area (Å²) in [5.74, 6) is 1.11. The van der Waals surface area contributed by atoms with Crippen molar-refractivity contribution in [3.8, 4) is 0 Å². The van der Waals surface area contributed by atoms with Crippen LogP contribution in [0.3, 0.4) is 0 Å². The van der Waals surface area contributed by atoms with Gasteiger partial charge in [0.1, 0.15) is 0 Å². The Hall–Kier alpha value is -0.570. The van der Waals surface area contributed by atoms with E-state index in [9.17, 15) is 0 Å². The second-order valence-corrected chi connectivity index (χ2v) is 5.33. The van der Waals surface area contributed by atoms with E-state index in [4.69, 9.17) is 0 Å². The Morgan fingerprint density at radius 1 is 1.33 bits per heavy atom. The van der Waals surface area contributed by atoms with Gasteiger partial charge >= 0.3 is 0 Å². The van der Waals surface area contributed by atoms with Crippen molar-refractivity contribution in [2.75, 3.05) is 20.6 Å². The number of nitrogens with zero attached hydrogens (tertiary/aromatic N) is 2. The van der Waals surface area contributed by atoms with Gasteiger partial charge < -0.3 is 10.2 Å². The van der Waals surface area contributed by atoms with Crippen molar-refractivity contribution in [3.63, 3.8) is 0 Å². The monoisotopic (exact) mass is 213 g/mol. The molecule has 1 N–H and O–H groups in total. The minimum atomic E-state index is 0.107. The van der Waals surface area contributed by atoms with Gasteiger partial charge in [0.2, 0.25) is 0 Å². The Labute approximate surface area is 95.0 Å². The zero-order chi connectivity index (χ0) is 12.1. The van der Waals surface area contributed by atoms with Gasteiger partial charge in [-0.1, -0.05) is 6.92 Å². The lowest BCUT2D eigenvalue weighted by atomic mass is 10.1.